The van der Waals surface area contributed by atoms with E-state index >= 15 is 0 Å². The van der Waals surface area contributed by atoms with Gasteiger partial charge in [-0.3, -0.25) is 6.57 Å². The van der Waals surface area contributed by atoms with Crippen LogP contribution in [0.2, 0.25) is 0 Å². The van der Waals surface area contributed by atoms with E-state index in [9.17, 15) is 0 Å². The molecule has 0 radical (unpaired) electrons. The molecule has 0 saturated heterocycles. The van der Waals surface area contributed by atoms with Gasteiger partial charge in [0, 0.05) is 30.7 Å². The Morgan fingerprint density at radius 1 is 1.44 bits per heavy atom. The minimum absolute atomic E-state index is 0.840. The molecule has 0 bridgehead atoms. The van der Waals surface area contributed by atoms with Crippen LogP contribution in [0.1, 0.15) is 0 Å². The Labute approximate surface area is 54.8 Å². The van der Waals surface area contributed by atoms with Gasteiger partial charge in [0.1, 0.15) is 0 Å². The van der Waals surface area contributed by atoms with Crippen LogP contribution in [-0.4, -0.2) is 0 Å². The molecule has 0 aromatic carbocycles. The van der Waals surface area contributed by atoms with E-state index in [-0.39, 0.29) is 0 Å². The highest BCUT2D eigenvalue weighted by Crippen LogP contribution is 2.05. The zero-order valence-electron chi connectivity index (χ0n) is 4.83. The minimum atomic E-state index is 0.840. The van der Waals surface area contributed by atoms with Gasteiger partial charge in [-0.2, -0.15) is 0 Å². The van der Waals surface area contributed by atoms with Crippen molar-refractivity contribution < 1.29 is 0 Å². The van der Waals surface area contributed by atoms with Crippen LogP contribution in [0.4, 0.5) is 0 Å². The zero-order chi connectivity index (χ0) is 6.53. The predicted molar refractivity (Wildman–Crippen MR) is 35.9 cm³/mol. The Morgan fingerprint density at radius 2 is 2.11 bits per heavy atom. The van der Waals surface area contributed by atoms with Crippen LogP contribution >= 0.6 is 0 Å². The summed E-state index contributed by atoms with van der Waals surface area (Å²) in [6.07, 6.45) is 11.9. The van der Waals surface area contributed by atoms with Crippen LogP contribution in [0.3, 0.4) is 0 Å². The maximum Gasteiger partial charge on any atom is 0.0457 e. The molecule has 1 aliphatic rings. The predicted octanol–water partition coefficient (Wildman–Crippen LogP) is 1.92. The molecule has 0 unspecified atom stereocenters. The summed E-state index contributed by atoms with van der Waals surface area (Å²) in [5.74, 6) is 0. The molecule has 42 valence electrons. The summed E-state index contributed by atoms with van der Waals surface area (Å²) in [5.41, 5.74) is 0.840. The van der Waals surface area contributed by atoms with Crippen LogP contribution in [0.25, 0.3) is 4.85 Å². The first kappa shape index (κ1) is 5.71. The monoisotopic (exact) mass is 115 g/mol. The molecule has 0 atom stereocenters. The smallest absolute Gasteiger partial charge is 0.0457 e. The molecule has 9 heavy (non-hydrogen) atoms. The second-order valence-electron chi connectivity index (χ2n) is 1.59. The zero-order valence-corrected chi connectivity index (χ0v) is 4.83. The molecular formula is C8H5N. The molecule has 0 N–H and O–H groups in total. The van der Waals surface area contributed by atoms with Gasteiger partial charge in [0.25, 0.3) is 0 Å². The molecule has 0 amide bonds. The van der Waals surface area contributed by atoms with Crippen molar-refractivity contribution in [1.29, 1.82) is 0 Å². The molecule has 1 nitrogen and oxygen atoms in total. The summed E-state index contributed by atoms with van der Waals surface area (Å²) in [6, 6.07) is 0. The second-order valence-corrected chi connectivity index (χ2v) is 1.59. The Balaban J connectivity index is 2.73. The van der Waals surface area contributed by atoms with E-state index in [1.807, 2.05) is 30.7 Å². The second kappa shape index (κ2) is 2.78. The van der Waals surface area contributed by atoms with E-state index in [1.165, 1.54) is 0 Å². The maximum atomic E-state index is 6.45. The summed E-state index contributed by atoms with van der Waals surface area (Å²) in [5, 5.41) is 0. The average molecular weight is 115 g/mol. The fourth-order valence-electron chi connectivity index (χ4n) is 0.577. The lowest BCUT2D eigenvalue weighted by Gasteiger charge is -1.91. The van der Waals surface area contributed by atoms with Crippen molar-refractivity contribution in [2.75, 3.05) is 0 Å². The lowest BCUT2D eigenvalue weighted by molar-refractivity contribution is 1.55. The largest absolute Gasteiger partial charge is 0.475 e. The molecule has 0 aromatic rings. The quantitative estimate of drug-likeness (QED) is 0.425. The average Bonchev–Trinajstić information content (AvgIpc) is 1.91. The molecular weight excluding hydrogens is 110 g/mol. The third kappa shape index (κ3) is 1.50. The highest BCUT2D eigenvalue weighted by molar-refractivity contribution is 5.37. The van der Waals surface area contributed by atoms with E-state index in [1.54, 1.807) is 0 Å². The molecule has 0 aromatic heterocycles. The number of rotatable bonds is 0. The lowest BCUT2D eigenvalue weighted by atomic mass is 10.1. The number of nitrogens with zero attached hydrogens (tertiary/aromatic N) is 1. The summed E-state index contributed by atoms with van der Waals surface area (Å²) in [6.45, 7) is 6.45. The molecule has 0 saturated carbocycles. The van der Waals surface area contributed by atoms with Crippen LogP contribution in [-0.2, 0) is 0 Å². The van der Waals surface area contributed by atoms with E-state index in [0.29, 0.717) is 0 Å². The normalized spacial score (nSPS) is 14.3. The van der Waals surface area contributed by atoms with E-state index in [2.05, 4.69) is 11.0 Å². The Hall–Kier alpha value is -1.42. The van der Waals surface area contributed by atoms with Crippen LogP contribution in [0.5, 0.6) is 0 Å². The molecule has 0 heterocycles. The maximum absolute atomic E-state index is 6.45. The van der Waals surface area contributed by atoms with E-state index < -0.39 is 0 Å². The summed E-state index contributed by atoms with van der Waals surface area (Å²) < 4.78 is 0. The van der Waals surface area contributed by atoms with Crippen LogP contribution < -0.4 is 0 Å². The van der Waals surface area contributed by atoms with Gasteiger partial charge in [-0.15, -0.1) is 0 Å². The Kier molecular flexibility index (Phi) is 1.77. The lowest BCUT2D eigenvalue weighted by Crippen LogP contribution is -1.76. The third-order valence-electron chi connectivity index (χ3n) is 0.959. The van der Waals surface area contributed by atoms with Crippen molar-refractivity contribution in [3.63, 3.8) is 0 Å². The van der Waals surface area contributed by atoms with Crippen molar-refractivity contribution in [3.05, 3.63) is 53.9 Å². The van der Waals surface area contributed by atoms with E-state index in [4.69, 9.17) is 6.57 Å². The Morgan fingerprint density at radius 3 is 2.67 bits per heavy atom. The van der Waals surface area contributed by atoms with Gasteiger partial charge in [-0.1, -0.05) is 0 Å². The third-order valence-corrected chi connectivity index (χ3v) is 0.959. The van der Waals surface area contributed by atoms with Crippen molar-refractivity contribution in [3.8, 4) is 0 Å². The fourth-order valence-corrected chi connectivity index (χ4v) is 0.577. The van der Waals surface area contributed by atoms with Gasteiger partial charge in [-0.05, 0) is 11.8 Å². The van der Waals surface area contributed by atoms with Crippen LogP contribution in [0.15, 0.2) is 29.9 Å². The van der Waals surface area contributed by atoms with Gasteiger partial charge in [0.2, 0.25) is 0 Å². The molecule has 1 aliphatic carbocycles. The van der Waals surface area contributed by atoms with Gasteiger partial charge in [0.05, 0.1) is 0 Å². The van der Waals surface area contributed by atoms with Gasteiger partial charge in [-0.25, -0.2) is 0 Å². The topological polar surface area (TPSA) is 4.36 Å². The SMILES string of the molecule is [C-]#[N+][C-]=C1C=C[CH+]C=C1. The van der Waals surface area contributed by atoms with Gasteiger partial charge < -0.3 is 4.85 Å². The van der Waals surface area contributed by atoms with E-state index in [0.717, 1.165) is 5.57 Å². The van der Waals surface area contributed by atoms with Crippen molar-refractivity contribution in [1.82, 2.24) is 0 Å². The number of hydrogen-bond donors (Lipinski definition) is 0. The highest BCUT2D eigenvalue weighted by atomic mass is 14.6. The molecule has 1 rings (SSSR count). The number of hydrogen-bond acceptors (Lipinski definition) is 0. The molecule has 0 aliphatic heterocycles. The standard InChI is InChI=1S/C8H5N/c1-9-7-8-5-3-2-4-6-8/h2-6H. The first-order chi connectivity index (χ1) is 4.43. The summed E-state index contributed by atoms with van der Waals surface area (Å²) in [7, 11) is 0. The number of allylic oxidation sites excluding steroid dienone is 5. The highest BCUT2D eigenvalue weighted by Gasteiger charge is 1.91. The van der Waals surface area contributed by atoms with Crippen LogP contribution in [0, 0.1) is 19.2 Å². The molecule has 1 heteroatoms. The first-order valence-corrected chi connectivity index (χ1v) is 2.61. The summed E-state index contributed by atoms with van der Waals surface area (Å²) in [4.78, 5) is 3.01. The van der Waals surface area contributed by atoms with Gasteiger partial charge in [0.15, 0.2) is 0 Å². The summed E-state index contributed by atoms with van der Waals surface area (Å²) >= 11 is 0. The molecule has 0 spiro atoms. The van der Waals surface area contributed by atoms with Gasteiger partial charge >= 0.3 is 0 Å². The first-order valence-electron chi connectivity index (χ1n) is 2.61. The fraction of sp³-hybridized carbons (Fsp3) is 0. The van der Waals surface area contributed by atoms with Crippen molar-refractivity contribution in [2.24, 2.45) is 0 Å². The Bertz CT molecular complexity index is 199. The van der Waals surface area contributed by atoms with Crippen molar-refractivity contribution >= 4 is 0 Å². The van der Waals surface area contributed by atoms with Crippen molar-refractivity contribution in [2.45, 2.75) is 0 Å². The molecule has 0 fully saturated rings. The minimum Gasteiger partial charge on any atom is -0.475 e.